The van der Waals surface area contributed by atoms with Gasteiger partial charge in [0, 0.05) is 23.3 Å². The molecule has 0 bridgehead atoms. The number of esters is 1. The van der Waals surface area contributed by atoms with Gasteiger partial charge in [-0.2, -0.15) is 0 Å². The Morgan fingerprint density at radius 2 is 1.82 bits per heavy atom. The smallest absolute Gasteiger partial charge is 0.330 e. The number of ketones is 1. The number of carbonyl (C=O) groups is 2. The van der Waals surface area contributed by atoms with Crippen LogP contribution in [0.2, 0.25) is 0 Å². The summed E-state index contributed by atoms with van der Waals surface area (Å²) in [6.07, 6.45) is 5.72. The van der Waals surface area contributed by atoms with Gasteiger partial charge in [0.05, 0.1) is 6.10 Å². The molecule has 0 aromatic rings. The van der Waals surface area contributed by atoms with E-state index in [1.807, 2.05) is 33.8 Å². The molecule has 190 valence electrons. The van der Waals surface area contributed by atoms with E-state index in [0.717, 1.165) is 11.1 Å². The molecule has 0 aliphatic heterocycles. The van der Waals surface area contributed by atoms with E-state index in [2.05, 4.69) is 6.92 Å². The number of carbonyl (C=O) groups excluding carboxylic acids is 2. The summed E-state index contributed by atoms with van der Waals surface area (Å²) in [7, 11) is 0. The van der Waals surface area contributed by atoms with Crippen molar-refractivity contribution in [2.75, 3.05) is 0 Å². The Bertz CT molecular complexity index is 935. The first kappa shape index (κ1) is 25.6. The van der Waals surface area contributed by atoms with Gasteiger partial charge in [0.1, 0.15) is 23.1 Å². The average molecular weight is 475 g/mol. The number of hydrogen-bond acceptors (Lipinski definition) is 6. The van der Waals surface area contributed by atoms with Crippen LogP contribution in [0.5, 0.6) is 0 Å². The lowest BCUT2D eigenvalue weighted by atomic mass is 9.43. The molecule has 0 unspecified atom stereocenters. The van der Waals surface area contributed by atoms with E-state index < -0.39 is 46.1 Å². The highest BCUT2D eigenvalue weighted by Gasteiger charge is 2.77. The van der Waals surface area contributed by atoms with E-state index >= 15 is 0 Å². The topological polar surface area (TPSA) is 104 Å². The van der Waals surface area contributed by atoms with Crippen molar-refractivity contribution in [2.45, 2.75) is 110 Å². The van der Waals surface area contributed by atoms with Crippen LogP contribution in [-0.2, 0) is 14.3 Å². The predicted molar refractivity (Wildman–Crippen MR) is 129 cm³/mol. The number of fused-ring (bicyclic) bond motifs is 5. The molecule has 0 aromatic heterocycles. The van der Waals surface area contributed by atoms with Crippen LogP contribution in [0.4, 0.5) is 0 Å². The van der Waals surface area contributed by atoms with Crippen molar-refractivity contribution in [2.24, 2.45) is 28.6 Å². The van der Waals surface area contributed by atoms with Crippen LogP contribution in [0.3, 0.4) is 0 Å². The molecule has 0 amide bonds. The van der Waals surface area contributed by atoms with Crippen molar-refractivity contribution in [3.8, 4) is 0 Å². The molecule has 4 aliphatic carbocycles. The summed E-state index contributed by atoms with van der Waals surface area (Å²) in [4.78, 5) is 25.8. The molecular formula is C28H42O6. The Labute approximate surface area is 203 Å². The van der Waals surface area contributed by atoms with E-state index in [9.17, 15) is 24.9 Å². The molecule has 3 saturated carbocycles. The van der Waals surface area contributed by atoms with Gasteiger partial charge in [-0.25, -0.2) is 4.79 Å². The van der Waals surface area contributed by atoms with Crippen molar-refractivity contribution in [1.29, 1.82) is 0 Å². The summed E-state index contributed by atoms with van der Waals surface area (Å²) in [5.41, 5.74) is -2.47. The number of allylic oxidation sites excluding steroid dienone is 1. The highest BCUT2D eigenvalue weighted by atomic mass is 16.5. The van der Waals surface area contributed by atoms with Crippen molar-refractivity contribution >= 4 is 11.8 Å². The monoisotopic (exact) mass is 474 g/mol. The summed E-state index contributed by atoms with van der Waals surface area (Å²) in [6.45, 7) is 11.4. The number of ether oxygens (including phenoxy) is 1. The molecule has 3 fully saturated rings. The lowest BCUT2D eigenvalue weighted by Crippen LogP contribution is -2.75. The Morgan fingerprint density at radius 3 is 2.44 bits per heavy atom. The molecule has 0 saturated heterocycles. The summed E-state index contributed by atoms with van der Waals surface area (Å²) < 4.78 is 6.11. The SMILES string of the molecule is CC(=O)[C@H]1CC[C@]2(O)[C@]1(C)[C@H](OC(=O)C=C(C)C(C)C)C[C@@H]1[C@@]3(C)CC[C@@H](O)CC3=CC[C@@]12O. The third-order valence-corrected chi connectivity index (χ3v) is 10.4. The maximum atomic E-state index is 13.0. The molecule has 3 N–H and O–H groups in total. The number of aliphatic hydroxyl groups excluding tert-OH is 1. The second kappa shape index (κ2) is 8.28. The second-order valence-corrected chi connectivity index (χ2v) is 12.3. The number of Topliss-reactive ketones (excluding diaryl/α,β-unsaturated/α-hetero) is 1. The highest BCUT2D eigenvalue weighted by Crippen LogP contribution is 2.70. The van der Waals surface area contributed by atoms with E-state index in [4.69, 9.17) is 4.74 Å². The molecule has 8 atom stereocenters. The third kappa shape index (κ3) is 3.39. The van der Waals surface area contributed by atoms with Gasteiger partial charge >= 0.3 is 5.97 Å². The largest absolute Gasteiger partial charge is 0.458 e. The third-order valence-electron chi connectivity index (χ3n) is 10.4. The van der Waals surface area contributed by atoms with Crippen LogP contribution >= 0.6 is 0 Å². The van der Waals surface area contributed by atoms with Crippen LogP contribution in [-0.4, -0.2) is 50.5 Å². The van der Waals surface area contributed by atoms with Gasteiger partial charge in [0.25, 0.3) is 0 Å². The van der Waals surface area contributed by atoms with Gasteiger partial charge in [0.15, 0.2) is 0 Å². The van der Waals surface area contributed by atoms with Gasteiger partial charge in [0.2, 0.25) is 0 Å². The Kier molecular flexibility index (Phi) is 6.23. The summed E-state index contributed by atoms with van der Waals surface area (Å²) in [5, 5.41) is 35.0. The maximum absolute atomic E-state index is 13.0. The lowest BCUT2D eigenvalue weighted by molar-refractivity contribution is -0.299. The molecule has 0 radical (unpaired) electrons. The van der Waals surface area contributed by atoms with Crippen LogP contribution in [0.15, 0.2) is 23.3 Å². The van der Waals surface area contributed by atoms with Crippen molar-refractivity contribution in [3.63, 3.8) is 0 Å². The van der Waals surface area contributed by atoms with Crippen LogP contribution in [0, 0.1) is 28.6 Å². The zero-order valence-corrected chi connectivity index (χ0v) is 21.6. The van der Waals surface area contributed by atoms with Gasteiger partial charge in [-0.3, -0.25) is 4.79 Å². The quantitative estimate of drug-likeness (QED) is 0.325. The molecule has 6 nitrogen and oxygen atoms in total. The fourth-order valence-electron chi connectivity index (χ4n) is 7.96. The average Bonchev–Trinajstić information content (AvgIpc) is 3.04. The Balaban J connectivity index is 1.81. The molecule has 6 heteroatoms. The van der Waals surface area contributed by atoms with Crippen molar-refractivity contribution in [3.05, 3.63) is 23.3 Å². The Morgan fingerprint density at radius 1 is 1.15 bits per heavy atom. The van der Waals surface area contributed by atoms with Crippen molar-refractivity contribution < 1.29 is 29.6 Å². The highest BCUT2D eigenvalue weighted by molar-refractivity contribution is 5.83. The fraction of sp³-hybridized carbons (Fsp3) is 0.786. The molecular weight excluding hydrogens is 432 g/mol. The number of hydrogen-bond donors (Lipinski definition) is 3. The van der Waals surface area contributed by atoms with Crippen molar-refractivity contribution in [1.82, 2.24) is 0 Å². The molecule has 0 spiro atoms. The minimum absolute atomic E-state index is 0.0468. The Hall–Kier alpha value is -1.50. The van der Waals surface area contributed by atoms with Crippen LogP contribution in [0.25, 0.3) is 0 Å². The van der Waals surface area contributed by atoms with Gasteiger partial charge < -0.3 is 20.1 Å². The lowest BCUT2D eigenvalue weighted by Gasteiger charge is -2.66. The zero-order valence-electron chi connectivity index (χ0n) is 21.6. The van der Waals surface area contributed by atoms with Crippen LogP contribution < -0.4 is 0 Å². The maximum Gasteiger partial charge on any atom is 0.330 e. The van der Waals surface area contributed by atoms with E-state index in [-0.39, 0.29) is 30.5 Å². The first-order chi connectivity index (χ1) is 15.7. The molecule has 4 aliphatic rings. The second-order valence-electron chi connectivity index (χ2n) is 12.3. The van der Waals surface area contributed by atoms with Gasteiger partial charge in [-0.15, -0.1) is 0 Å². The van der Waals surface area contributed by atoms with E-state index in [0.29, 0.717) is 32.1 Å². The van der Waals surface area contributed by atoms with Gasteiger partial charge in [-0.1, -0.05) is 44.9 Å². The van der Waals surface area contributed by atoms with E-state index in [1.54, 1.807) is 0 Å². The van der Waals surface area contributed by atoms with Gasteiger partial charge in [-0.05, 0) is 70.1 Å². The number of aliphatic hydroxyl groups is 3. The number of rotatable bonds is 4. The fourth-order valence-corrected chi connectivity index (χ4v) is 7.96. The first-order valence-electron chi connectivity index (χ1n) is 12.9. The summed E-state index contributed by atoms with van der Waals surface area (Å²) in [5.74, 6) is -1.15. The molecule has 34 heavy (non-hydrogen) atoms. The van der Waals surface area contributed by atoms with E-state index in [1.165, 1.54) is 13.0 Å². The summed E-state index contributed by atoms with van der Waals surface area (Å²) in [6, 6.07) is 0. The molecule has 4 rings (SSSR count). The summed E-state index contributed by atoms with van der Waals surface area (Å²) >= 11 is 0. The first-order valence-corrected chi connectivity index (χ1v) is 12.9. The zero-order chi connectivity index (χ0) is 25.3. The minimum Gasteiger partial charge on any atom is -0.458 e. The standard InChI is InChI=1S/C28H42O6/c1-16(2)17(3)13-24(31)34-23-15-22-25(5)10-8-20(30)14-19(25)7-11-27(22,32)28(33)12-9-21(18(4)29)26(23,28)6/h7,13,16,20-23,30,32-33H,8-12,14-15H2,1-6H3/t20-,21-,22-,23-,25+,26+,27-,28+/m1/s1. The molecule has 0 heterocycles. The predicted octanol–water partition coefficient (Wildman–Crippen LogP) is 3.87. The normalized spacial score (nSPS) is 46.3. The minimum atomic E-state index is -1.57. The van der Waals surface area contributed by atoms with Crippen LogP contribution in [0.1, 0.15) is 86.5 Å². The molecule has 0 aromatic carbocycles.